The molecule has 126 valence electrons. The molecule has 1 atom stereocenters. The van der Waals surface area contributed by atoms with Crippen LogP contribution in [0.2, 0.25) is 0 Å². The van der Waals surface area contributed by atoms with Gasteiger partial charge in [-0.1, -0.05) is 29.4 Å². The molecule has 6 nitrogen and oxygen atoms in total. The number of carbonyl (C=O) groups is 1. The van der Waals surface area contributed by atoms with Gasteiger partial charge in [-0.25, -0.2) is 0 Å². The number of nitrogens with one attached hydrogen (secondary N) is 1. The normalized spacial score (nSPS) is 20.5. The van der Waals surface area contributed by atoms with Gasteiger partial charge in [0.25, 0.3) is 5.91 Å². The Bertz CT molecular complexity index is 722. The van der Waals surface area contributed by atoms with Gasteiger partial charge in [0.15, 0.2) is 5.82 Å². The zero-order valence-corrected chi connectivity index (χ0v) is 13.5. The van der Waals surface area contributed by atoms with Gasteiger partial charge in [0.1, 0.15) is 0 Å². The number of benzene rings is 1. The molecule has 1 amide bonds. The molecule has 1 unspecified atom stereocenters. The molecule has 2 heterocycles. The molecular weight excluding hydrogens is 306 g/mol. The number of anilines is 1. The number of amides is 1. The molecule has 2 aromatic rings. The molecule has 1 aromatic heterocycles. The van der Waals surface area contributed by atoms with Crippen LogP contribution < -0.4 is 10.2 Å². The Morgan fingerprint density at radius 2 is 2.00 bits per heavy atom. The van der Waals surface area contributed by atoms with Gasteiger partial charge in [0.2, 0.25) is 5.76 Å². The summed E-state index contributed by atoms with van der Waals surface area (Å²) < 4.78 is 10.6. The molecule has 0 bridgehead atoms. The Kier molecular flexibility index (Phi) is 4.21. The van der Waals surface area contributed by atoms with Crippen LogP contribution in [-0.2, 0) is 17.6 Å². The average molecular weight is 327 g/mol. The number of hydrogen-bond donors (Lipinski definition) is 1. The number of carbonyl (C=O) groups excluding carboxylic acids is 1. The van der Waals surface area contributed by atoms with Gasteiger partial charge < -0.3 is 19.5 Å². The molecule has 4 rings (SSSR count). The number of rotatable bonds is 3. The van der Waals surface area contributed by atoms with Crippen molar-refractivity contribution >= 4 is 11.7 Å². The average Bonchev–Trinajstić information content (AvgIpc) is 3.13. The number of hydrogen-bond acceptors (Lipinski definition) is 5. The van der Waals surface area contributed by atoms with Crippen molar-refractivity contribution in [1.29, 1.82) is 0 Å². The predicted molar refractivity (Wildman–Crippen MR) is 89.3 cm³/mol. The molecule has 24 heavy (non-hydrogen) atoms. The van der Waals surface area contributed by atoms with E-state index in [0.29, 0.717) is 19.0 Å². The van der Waals surface area contributed by atoms with Crippen LogP contribution >= 0.6 is 0 Å². The standard InChI is InChI=1S/C18H21N3O3/c22-18(16-12-17(20-24-16)21-7-9-23-10-8-21)19-15-6-5-13-3-1-2-4-14(13)11-15/h1-4,12,15H,5-11H2,(H,19,22). The number of fused-ring (bicyclic) bond motifs is 1. The lowest BCUT2D eigenvalue weighted by Gasteiger charge is -2.25. The van der Waals surface area contributed by atoms with Gasteiger partial charge in [-0.2, -0.15) is 0 Å². The molecular formula is C18H21N3O3. The summed E-state index contributed by atoms with van der Waals surface area (Å²) in [5, 5.41) is 7.10. The van der Waals surface area contributed by atoms with Crippen LogP contribution in [0.25, 0.3) is 0 Å². The van der Waals surface area contributed by atoms with E-state index >= 15 is 0 Å². The van der Waals surface area contributed by atoms with Gasteiger partial charge >= 0.3 is 0 Å². The second kappa shape index (κ2) is 6.65. The molecule has 0 spiro atoms. The zero-order valence-electron chi connectivity index (χ0n) is 13.5. The highest BCUT2D eigenvalue weighted by Crippen LogP contribution is 2.22. The van der Waals surface area contributed by atoms with Crippen LogP contribution in [-0.4, -0.2) is 43.4 Å². The second-order valence-electron chi connectivity index (χ2n) is 6.33. The van der Waals surface area contributed by atoms with Gasteiger partial charge in [0.05, 0.1) is 13.2 Å². The van der Waals surface area contributed by atoms with E-state index in [1.807, 2.05) is 6.07 Å². The highest BCUT2D eigenvalue weighted by atomic mass is 16.5. The fourth-order valence-corrected chi connectivity index (χ4v) is 3.39. The monoisotopic (exact) mass is 327 g/mol. The third kappa shape index (κ3) is 3.14. The quantitative estimate of drug-likeness (QED) is 0.931. The summed E-state index contributed by atoms with van der Waals surface area (Å²) in [4.78, 5) is 14.5. The smallest absolute Gasteiger partial charge is 0.290 e. The minimum atomic E-state index is -0.189. The van der Waals surface area contributed by atoms with E-state index in [9.17, 15) is 4.79 Å². The summed E-state index contributed by atoms with van der Waals surface area (Å²) >= 11 is 0. The second-order valence-corrected chi connectivity index (χ2v) is 6.33. The van der Waals surface area contributed by atoms with Crippen LogP contribution in [0.1, 0.15) is 28.1 Å². The summed E-state index contributed by atoms with van der Waals surface area (Å²) in [5.74, 6) is 0.791. The van der Waals surface area contributed by atoms with E-state index in [-0.39, 0.29) is 17.7 Å². The number of aryl methyl sites for hydroxylation is 1. The van der Waals surface area contributed by atoms with Gasteiger partial charge in [-0.05, 0) is 30.4 Å². The predicted octanol–water partition coefficient (Wildman–Crippen LogP) is 1.80. The third-order valence-electron chi connectivity index (χ3n) is 4.74. The Hall–Kier alpha value is -2.34. The Morgan fingerprint density at radius 3 is 2.83 bits per heavy atom. The summed E-state index contributed by atoms with van der Waals surface area (Å²) in [7, 11) is 0. The number of aromatic nitrogens is 1. The lowest BCUT2D eigenvalue weighted by Crippen LogP contribution is -2.38. The van der Waals surface area contributed by atoms with Crippen LogP contribution in [0.3, 0.4) is 0 Å². The number of nitrogens with zero attached hydrogens (tertiary/aromatic N) is 2. The van der Waals surface area contributed by atoms with E-state index in [4.69, 9.17) is 9.26 Å². The Balaban J connectivity index is 1.39. The van der Waals surface area contributed by atoms with E-state index in [1.165, 1.54) is 11.1 Å². The van der Waals surface area contributed by atoms with E-state index in [2.05, 4.69) is 33.6 Å². The van der Waals surface area contributed by atoms with Crippen molar-refractivity contribution in [2.45, 2.75) is 25.3 Å². The van der Waals surface area contributed by atoms with Gasteiger partial charge in [0, 0.05) is 25.2 Å². The van der Waals surface area contributed by atoms with Crippen LogP contribution in [0, 0.1) is 0 Å². The van der Waals surface area contributed by atoms with Gasteiger partial charge in [-0.15, -0.1) is 0 Å². The van der Waals surface area contributed by atoms with Crippen molar-refractivity contribution in [2.24, 2.45) is 0 Å². The lowest BCUT2D eigenvalue weighted by molar-refractivity contribution is 0.0896. The largest absolute Gasteiger partial charge is 0.378 e. The van der Waals surface area contributed by atoms with E-state index < -0.39 is 0 Å². The van der Waals surface area contributed by atoms with Crippen molar-refractivity contribution in [3.05, 3.63) is 47.2 Å². The topological polar surface area (TPSA) is 67.6 Å². The minimum Gasteiger partial charge on any atom is -0.378 e. The third-order valence-corrected chi connectivity index (χ3v) is 4.74. The van der Waals surface area contributed by atoms with Crippen LogP contribution in [0.4, 0.5) is 5.82 Å². The molecule has 1 saturated heterocycles. The SMILES string of the molecule is O=C(NC1CCc2ccccc2C1)c1cc(N2CCOCC2)no1. The molecule has 1 aliphatic heterocycles. The molecule has 1 aromatic carbocycles. The zero-order chi connectivity index (χ0) is 16.4. The molecule has 0 saturated carbocycles. The first kappa shape index (κ1) is 15.2. The minimum absolute atomic E-state index is 0.143. The maximum atomic E-state index is 12.4. The molecule has 6 heteroatoms. The molecule has 1 fully saturated rings. The first-order valence-electron chi connectivity index (χ1n) is 8.46. The van der Waals surface area contributed by atoms with E-state index in [1.54, 1.807) is 6.07 Å². The molecule has 1 N–H and O–H groups in total. The van der Waals surface area contributed by atoms with Crippen LogP contribution in [0.15, 0.2) is 34.9 Å². The van der Waals surface area contributed by atoms with E-state index in [0.717, 1.165) is 32.4 Å². The fraction of sp³-hybridized carbons (Fsp3) is 0.444. The summed E-state index contributed by atoms with van der Waals surface area (Å²) in [6, 6.07) is 10.3. The van der Waals surface area contributed by atoms with Crippen molar-refractivity contribution in [3.8, 4) is 0 Å². The van der Waals surface area contributed by atoms with Gasteiger partial charge in [-0.3, -0.25) is 4.79 Å². The van der Waals surface area contributed by atoms with Crippen molar-refractivity contribution < 1.29 is 14.1 Å². The summed E-state index contributed by atoms with van der Waals surface area (Å²) in [6.45, 7) is 2.89. The number of ether oxygens (including phenoxy) is 1. The maximum Gasteiger partial charge on any atom is 0.290 e. The summed E-state index contributed by atoms with van der Waals surface area (Å²) in [6.07, 6.45) is 2.82. The highest BCUT2D eigenvalue weighted by molar-refractivity contribution is 5.92. The molecule has 2 aliphatic rings. The fourth-order valence-electron chi connectivity index (χ4n) is 3.39. The molecule has 0 radical (unpaired) electrons. The Morgan fingerprint density at radius 1 is 1.21 bits per heavy atom. The molecule has 1 aliphatic carbocycles. The Labute approximate surface area is 140 Å². The van der Waals surface area contributed by atoms with Crippen LogP contribution in [0.5, 0.6) is 0 Å². The maximum absolute atomic E-state index is 12.4. The highest BCUT2D eigenvalue weighted by Gasteiger charge is 2.23. The van der Waals surface area contributed by atoms with Crippen molar-refractivity contribution in [1.82, 2.24) is 10.5 Å². The number of morpholine rings is 1. The van der Waals surface area contributed by atoms with Crippen molar-refractivity contribution in [2.75, 3.05) is 31.2 Å². The van der Waals surface area contributed by atoms with Crippen molar-refractivity contribution in [3.63, 3.8) is 0 Å². The lowest BCUT2D eigenvalue weighted by atomic mass is 9.88. The first-order valence-corrected chi connectivity index (χ1v) is 8.46. The summed E-state index contributed by atoms with van der Waals surface area (Å²) in [5.41, 5.74) is 2.71. The first-order chi connectivity index (χ1) is 11.8.